The normalized spacial score (nSPS) is 10.0. The van der Waals surface area contributed by atoms with E-state index in [0.29, 0.717) is 12.4 Å². The van der Waals surface area contributed by atoms with Crippen LogP contribution in [0.2, 0.25) is 0 Å². The molecule has 0 spiro atoms. The standard InChI is InChI=1S/C11H13FO3/c1-2-3-6-15-8-4-5-10(12)9(7-8)11(13)14/h4-5,7H,2-3,6H2,1H3,(H,13,14). The third-order valence-corrected chi connectivity index (χ3v) is 1.93. The lowest BCUT2D eigenvalue weighted by Gasteiger charge is -2.06. The summed E-state index contributed by atoms with van der Waals surface area (Å²) in [7, 11) is 0. The molecule has 3 nitrogen and oxygen atoms in total. The smallest absolute Gasteiger partial charge is 0.338 e. The van der Waals surface area contributed by atoms with Gasteiger partial charge in [-0.15, -0.1) is 0 Å². The third kappa shape index (κ3) is 3.23. The highest BCUT2D eigenvalue weighted by atomic mass is 19.1. The Kier molecular flexibility index (Phi) is 4.09. The molecular weight excluding hydrogens is 199 g/mol. The van der Waals surface area contributed by atoms with Gasteiger partial charge in [-0.05, 0) is 24.6 Å². The molecule has 0 fully saturated rings. The Hall–Kier alpha value is -1.58. The van der Waals surface area contributed by atoms with E-state index in [1.807, 2.05) is 6.92 Å². The second kappa shape index (κ2) is 5.34. The summed E-state index contributed by atoms with van der Waals surface area (Å²) >= 11 is 0. The van der Waals surface area contributed by atoms with E-state index in [1.165, 1.54) is 12.1 Å². The summed E-state index contributed by atoms with van der Waals surface area (Å²) in [4.78, 5) is 10.6. The lowest BCUT2D eigenvalue weighted by atomic mass is 10.2. The molecule has 4 heteroatoms. The first kappa shape index (κ1) is 11.5. The van der Waals surface area contributed by atoms with Crippen molar-refractivity contribution >= 4 is 5.97 Å². The average Bonchev–Trinajstić information content (AvgIpc) is 2.20. The van der Waals surface area contributed by atoms with Crippen LogP contribution in [0.4, 0.5) is 4.39 Å². The van der Waals surface area contributed by atoms with Crippen molar-refractivity contribution in [2.45, 2.75) is 19.8 Å². The van der Waals surface area contributed by atoms with E-state index < -0.39 is 11.8 Å². The Labute approximate surface area is 87.5 Å². The largest absolute Gasteiger partial charge is 0.494 e. The van der Waals surface area contributed by atoms with Gasteiger partial charge in [0.2, 0.25) is 0 Å². The molecule has 0 unspecified atom stereocenters. The topological polar surface area (TPSA) is 46.5 Å². The van der Waals surface area contributed by atoms with Crippen LogP contribution in [0.3, 0.4) is 0 Å². The fraction of sp³-hybridized carbons (Fsp3) is 0.364. The summed E-state index contributed by atoms with van der Waals surface area (Å²) in [5, 5.41) is 8.67. The van der Waals surface area contributed by atoms with Gasteiger partial charge in [-0.25, -0.2) is 9.18 Å². The number of rotatable bonds is 5. The number of aromatic carboxylic acids is 1. The van der Waals surface area contributed by atoms with Crippen LogP contribution >= 0.6 is 0 Å². The molecule has 0 heterocycles. The van der Waals surface area contributed by atoms with Gasteiger partial charge >= 0.3 is 5.97 Å². The number of ether oxygens (including phenoxy) is 1. The fourth-order valence-corrected chi connectivity index (χ4v) is 1.09. The molecule has 1 N–H and O–H groups in total. The molecule has 0 aliphatic rings. The molecule has 1 rings (SSSR count). The van der Waals surface area contributed by atoms with Gasteiger partial charge in [0, 0.05) is 0 Å². The minimum absolute atomic E-state index is 0.357. The monoisotopic (exact) mass is 212 g/mol. The number of hydrogen-bond acceptors (Lipinski definition) is 2. The summed E-state index contributed by atoms with van der Waals surface area (Å²) in [5.74, 6) is -1.64. The van der Waals surface area contributed by atoms with Gasteiger partial charge in [0.25, 0.3) is 0 Å². The van der Waals surface area contributed by atoms with Crippen LogP contribution in [-0.2, 0) is 0 Å². The molecule has 1 aromatic rings. The van der Waals surface area contributed by atoms with Gasteiger partial charge in [-0.1, -0.05) is 13.3 Å². The Morgan fingerprint density at radius 2 is 2.27 bits per heavy atom. The third-order valence-electron chi connectivity index (χ3n) is 1.93. The number of carboxylic acid groups (broad SMARTS) is 1. The van der Waals surface area contributed by atoms with Gasteiger partial charge in [-0.3, -0.25) is 0 Å². The highest BCUT2D eigenvalue weighted by Crippen LogP contribution is 2.17. The molecule has 0 radical (unpaired) electrons. The Morgan fingerprint density at radius 1 is 1.53 bits per heavy atom. The molecule has 0 saturated heterocycles. The van der Waals surface area contributed by atoms with E-state index in [9.17, 15) is 9.18 Å². The van der Waals surface area contributed by atoms with Crippen LogP contribution in [0, 0.1) is 5.82 Å². The lowest BCUT2D eigenvalue weighted by Crippen LogP contribution is -2.02. The van der Waals surface area contributed by atoms with E-state index >= 15 is 0 Å². The predicted molar refractivity (Wildman–Crippen MR) is 53.8 cm³/mol. The quantitative estimate of drug-likeness (QED) is 0.763. The van der Waals surface area contributed by atoms with Crippen molar-refractivity contribution in [2.75, 3.05) is 6.61 Å². The van der Waals surface area contributed by atoms with E-state index in [2.05, 4.69) is 0 Å². The van der Waals surface area contributed by atoms with Crippen molar-refractivity contribution in [1.29, 1.82) is 0 Å². The zero-order valence-electron chi connectivity index (χ0n) is 8.50. The average molecular weight is 212 g/mol. The molecule has 15 heavy (non-hydrogen) atoms. The Bertz CT molecular complexity index is 350. The van der Waals surface area contributed by atoms with Crippen molar-refractivity contribution in [1.82, 2.24) is 0 Å². The van der Waals surface area contributed by atoms with E-state index in [0.717, 1.165) is 18.9 Å². The molecule has 1 aromatic carbocycles. The minimum atomic E-state index is -1.28. The van der Waals surface area contributed by atoms with Crippen LogP contribution in [0.25, 0.3) is 0 Å². The molecule has 0 amide bonds. The maximum Gasteiger partial charge on any atom is 0.338 e. The Morgan fingerprint density at radius 3 is 2.87 bits per heavy atom. The van der Waals surface area contributed by atoms with Crippen molar-refractivity contribution in [3.8, 4) is 5.75 Å². The molecule has 0 atom stereocenters. The van der Waals surface area contributed by atoms with Gasteiger partial charge in [-0.2, -0.15) is 0 Å². The Balaban J connectivity index is 2.74. The van der Waals surface area contributed by atoms with Gasteiger partial charge in [0.1, 0.15) is 11.6 Å². The van der Waals surface area contributed by atoms with Crippen LogP contribution < -0.4 is 4.74 Å². The van der Waals surface area contributed by atoms with Gasteiger partial charge < -0.3 is 9.84 Å². The van der Waals surface area contributed by atoms with Crippen molar-refractivity contribution in [3.63, 3.8) is 0 Å². The second-order valence-corrected chi connectivity index (χ2v) is 3.15. The molecule has 0 saturated carbocycles. The molecule has 0 aromatic heterocycles. The SMILES string of the molecule is CCCCOc1ccc(F)c(C(=O)O)c1. The molecule has 0 aliphatic heterocycles. The van der Waals surface area contributed by atoms with E-state index in [4.69, 9.17) is 9.84 Å². The molecule has 82 valence electrons. The number of carbonyl (C=O) groups is 1. The maximum absolute atomic E-state index is 13.0. The summed E-state index contributed by atoms with van der Waals surface area (Å²) in [5.41, 5.74) is -0.357. The van der Waals surface area contributed by atoms with Crippen LogP contribution in [-0.4, -0.2) is 17.7 Å². The number of hydrogen-bond donors (Lipinski definition) is 1. The zero-order valence-corrected chi connectivity index (χ0v) is 8.50. The van der Waals surface area contributed by atoms with Gasteiger partial charge in [0.15, 0.2) is 0 Å². The number of unbranched alkanes of at least 4 members (excludes halogenated alkanes) is 1. The molecular formula is C11H13FO3. The van der Waals surface area contributed by atoms with Crippen molar-refractivity contribution in [2.24, 2.45) is 0 Å². The molecule has 0 bridgehead atoms. The summed E-state index contributed by atoms with van der Waals surface area (Å²) in [6, 6.07) is 3.73. The first-order chi connectivity index (χ1) is 7.15. The van der Waals surface area contributed by atoms with Crippen LogP contribution in [0.15, 0.2) is 18.2 Å². The highest BCUT2D eigenvalue weighted by molar-refractivity contribution is 5.88. The fourth-order valence-electron chi connectivity index (χ4n) is 1.09. The summed E-state index contributed by atoms with van der Waals surface area (Å²) in [6.07, 6.45) is 1.88. The van der Waals surface area contributed by atoms with Crippen LogP contribution in [0.5, 0.6) is 5.75 Å². The number of halogens is 1. The first-order valence-electron chi connectivity index (χ1n) is 4.80. The van der Waals surface area contributed by atoms with E-state index in [-0.39, 0.29) is 5.56 Å². The number of benzene rings is 1. The molecule has 0 aliphatic carbocycles. The van der Waals surface area contributed by atoms with Crippen molar-refractivity contribution in [3.05, 3.63) is 29.6 Å². The highest BCUT2D eigenvalue weighted by Gasteiger charge is 2.10. The summed E-state index contributed by atoms with van der Waals surface area (Å²) < 4.78 is 18.2. The summed E-state index contributed by atoms with van der Waals surface area (Å²) in [6.45, 7) is 2.54. The zero-order chi connectivity index (χ0) is 11.3. The van der Waals surface area contributed by atoms with Crippen LogP contribution in [0.1, 0.15) is 30.1 Å². The number of carboxylic acids is 1. The lowest BCUT2D eigenvalue weighted by molar-refractivity contribution is 0.0691. The maximum atomic E-state index is 13.0. The van der Waals surface area contributed by atoms with E-state index in [1.54, 1.807) is 0 Å². The van der Waals surface area contributed by atoms with Crippen molar-refractivity contribution < 1.29 is 19.0 Å². The second-order valence-electron chi connectivity index (χ2n) is 3.15. The van der Waals surface area contributed by atoms with Gasteiger partial charge in [0.05, 0.1) is 12.2 Å². The first-order valence-corrected chi connectivity index (χ1v) is 4.80. The predicted octanol–water partition coefficient (Wildman–Crippen LogP) is 2.70. The minimum Gasteiger partial charge on any atom is -0.494 e.